The molecule has 0 aliphatic carbocycles. The Hall–Kier alpha value is -1.95. The zero-order valence-electron chi connectivity index (χ0n) is 15.2. The second-order valence-electron chi connectivity index (χ2n) is 7.20. The first-order chi connectivity index (χ1) is 12.0. The summed E-state index contributed by atoms with van der Waals surface area (Å²) in [5.74, 6) is 0.927. The topological polar surface area (TPSA) is 56.2 Å². The molecule has 0 bridgehead atoms. The third-order valence-electron chi connectivity index (χ3n) is 5.26. The molecule has 0 spiro atoms. The summed E-state index contributed by atoms with van der Waals surface area (Å²) in [4.78, 5) is 17.2. The van der Waals surface area contributed by atoms with Crippen LogP contribution in [0.2, 0.25) is 0 Å². The molecule has 0 aromatic heterocycles. The lowest BCUT2D eigenvalue weighted by Gasteiger charge is -2.35. The van der Waals surface area contributed by atoms with Crippen molar-refractivity contribution in [1.29, 1.82) is 0 Å². The zero-order chi connectivity index (χ0) is 17.8. The number of amides is 1. The van der Waals surface area contributed by atoms with Crippen molar-refractivity contribution in [2.75, 3.05) is 44.2 Å². The summed E-state index contributed by atoms with van der Waals surface area (Å²) in [5.41, 5.74) is 1.13. The number of hydrogen-bond donors (Lipinski definition) is 1. The van der Waals surface area contributed by atoms with Crippen LogP contribution in [0.1, 0.15) is 26.7 Å². The zero-order valence-corrected chi connectivity index (χ0v) is 15.2. The van der Waals surface area contributed by atoms with Gasteiger partial charge >= 0.3 is 6.09 Å². The summed E-state index contributed by atoms with van der Waals surface area (Å²) >= 11 is 0. The molecule has 0 saturated carbocycles. The standard InChI is InChI=1S/C19H29N3O3/c1-15(2)20-9-7-18(8-10-20)25-17-5-3-16(4-6-17)21-11-13-22(14-12-21)19(23)24/h3-6,15,18H,7-14H2,1-2H3,(H,23,24). The molecule has 2 aliphatic heterocycles. The van der Waals surface area contributed by atoms with Crippen LogP contribution in [-0.2, 0) is 0 Å². The average Bonchev–Trinajstić information content (AvgIpc) is 2.63. The van der Waals surface area contributed by atoms with Crippen molar-refractivity contribution >= 4 is 11.8 Å². The number of carbonyl (C=O) groups is 1. The van der Waals surface area contributed by atoms with Crippen molar-refractivity contribution in [2.24, 2.45) is 0 Å². The summed E-state index contributed by atoms with van der Waals surface area (Å²) in [6.07, 6.45) is 1.64. The normalized spacial score (nSPS) is 20.1. The molecule has 3 rings (SSSR count). The molecule has 1 aromatic carbocycles. The van der Waals surface area contributed by atoms with E-state index >= 15 is 0 Å². The molecule has 138 valence electrons. The lowest BCUT2D eigenvalue weighted by atomic mass is 10.1. The fraction of sp³-hybridized carbons (Fsp3) is 0.632. The maximum absolute atomic E-state index is 11.0. The SMILES string of the molecule is CC(C)N1CCC(Oc2ccc(N3CCN(C(=O)O)CC3)cc2)CC1. The van der Waals surface area contributed by atoms with E-state index in [4.69, 9.17) is 9.84 Å². The Morgan fingerprint density at radius 3 is 2.16 bits per heavy atom. The molecule has 2 heterocycles. The molecule has 0 unspecified atom stereocenters. The molecule has 0 radical (unpaired) electrons. The Balaban J connectivity index is 1.49. The lowest BCUT2D eigenvalue weighted by Crippen LogP contribution is -2.48. The van der Waals surface area contributed by atoms with Gasteiger partial charge in [-0.05, 0) is 51.0 Å². The number of likely N-dealkylation sites (tertiary alicyclic amines) is 1. The van der Waals surface area contributed by atoms with Crippen molar-refractivity contribution in [3.05, 3.63) is 24.3 Å². The quantitative estimate of drug-likeness (QED) is 0.908. The van der Waals surface area contributed by atoms with Crippen molar-refractivity contribution in [1.82, 2.24) is 9.80 Å². The number of benzene rings is 1. The van der Waals surface area contributed by atoms with Gasteiger partial charge in [0, 0.05) is 51.0 Å². The number of rotatable bonds is 4. The van der Waals surface area contributed by atoms with E-state index in [1.54, 1.807) is 0 Å². The molecule has 6 heteroatoms. The van der Waals surface area contributed by atoms with E-state index in [2.05, 4.69) is 35.8 Å². The highest BCUT2D eigenvalue weighted by atomic mass is 16.5. The fourth-order valence-corrected chi connectivity index (χ4v) is 3.59. The van der Waals surface area contributed by atoms with Gasteiger partial charge < -0.3 is 24.5 Å². The van der Waals surface area contributed by atoms with Crippen LogP contribution in [0.3, 0.4) is 0 Å². The summed E-state index contributed by atoms with van der Waals surface area (Å²) in [7, 11) is 0. The molecular weight excluding hydrogens is 318 g/mol. The van der Waals surface area contributed by atoms with Crippen molar-refractivity contribution in [3.8, 4) is 5.75 Å². The Morgan fingerprint density at radius 1 is 1.04 bits per heavy atom. The van der Waals surface area contributed by atoms with Crippen LogP contribution in [0.5, 0.6) is 5.75 Å². The first kappa shape index (κ1) is 17.9. The fourth-order valence-electron chi connectivity index (χ4n) is 3.59. The van der Waals surface area contributed by atoms with Crippen LogP contribution >= 0.6 is 0 Å². The van der Waals surface area contributed by atoms with Gasteiger partial charge in [0.05, 0.1) is 0 Å². The molecule has 2 aliphatic rings. The molecule has 2 saturated heterocycles. The predicted molar refractivity (Wildman–Crippen MR) is 98.6 cm³/mol. The highest BCUT2D eigenvalue weighted by Gasteiger charge is 2.23. The highest BCUT2D eigenvalue weighted by molar-refractivity contribution is 5.65. The number of piperazine rings is 1. The smallest absolute Gasteiger partial charge is 0.407 e. The highest BCUT2D eigenvalue weighted by Crippen LogP contribution is 2.24. The van der Waals surface area contributed by atoms with Crippen LogP contribution in [0.15, 0.2) is 24.3 Å². The van der Waals surface area contributed by atoms with Gasteiger partial charge in [-0.2, -0.15) is 0 Å². The minimum Gasteiger partial charge on any atom is -0.490 e. The molecule has 6 nitrogen and oxygen atoms in total. The number of anilines is 1. The third-order valence-corrected chi connectivity index (χ3v) is 5.26. The maximum Gasteiger partial charge on any atom is 0.407 e. The molecule has 2 fully saturated rings. The molecule has 1 aromatic rings. The molecule has 1 amide bonds. The van der Waals surface area contributed by atoms with E-state index < -0.39 is 6.09 Å². The van der Waals surface area contributed by atoms with E-state index in [0.29, 0.717) is 25.2 Å². The second-order valence-corrected chi connectivity index (χ2v) is 7.20. The Kier molecular flexibility index (Phi) is 5.68. The van der Waals surface area contributed by atoms with E-state index in [0.717, 1.165) is 50.5 Å². The molecular formula is C19H29N3O3. The first-order valence-electron chi connectivity index (χ1n) is 9.26. The van der Waals surface area contributed by atoms with Crippen molar-refractivity contribution in [2.45, 2.75) is 38.8 Å². The maximum atomic E-state index is 11.0. The number of ether oxygens (including phenoxy) is 1. The van der Waals surface area contributed by atoms with E-state index in [9.17, 15) is 4.79 Å². The van der Waals surface area contributed by atoms with Gasteiger partial charge in [0.25, 0.3) is 0 Å². The predicted octanol–water partition coefficient (Wildman–Crippen LogP) is 2.74. The Labute approximate surface area is 150 Å². The van der Waals surface area contributed by atoms with Gasteiger partial charge in [-0.15, -0.1) is 0 Å². The van der Waals surface area contributed by atoms with Gasteiger partial charge in [0.15, 0.2) is 0 Å². The van der Waals surface area contributed by atoms with Gasteiger partial charge in [0.2, 0.25) is 0 Å². The van der Waals surface area contributed by atoms with E-state index in [-0.39, 0.29) is 0 Å². The molecule has 1 N–H and O–H groups in total. The van der Waals surface area contributed by atoms with Crippen LogP contribution in [-0.4, -0.2) is 72.4 Å². The number of carboxylic acid groups (broad SMARTS) is 1. The number of nitrogens with zero attached hydrogens (tertiary/aromatic N) is 3. The molecule has 0 atom stereocenters. The van der Waals surface area contributed by atoms with E-state index in [1.807, 2.05) is 12.1 Å². The number of hydrogen-bond acceptors (Lipinski definition) is 4. The average molecular weight is 347 g/mol. The van der Waals surface area contributed by atoms with Crippen molar-refractivity contribution in [3.63, 3.8) is 0 Å². The van der Waals surface area contributed by atoms with E-state index in [1.165, 1.54) is 4.90 Å². The first-order valence-corrected chi connectivity index (χ1v) is 9.26. The lowest BCUT2D eigenvalue weighted by molar-refractivity contribution is 0.0843. The third kappa shape index (κ3) is 4.57. The van der Waals surface area contributed by atoms with Gasteiger partial charge in [-0.3, -0.25) is 0 Å². The van der Waals surface area contributed by atoms with Gasteiger partial charge in [-0.25, -0.2) is 4.79 Å². The van der Waals surface area contributed by atoms with Gasteiger partial charge in [0.1, 0.15) is 11.9 Å². The largest absolute Gasteiger partial charge is 0.490 e. The van der Waals surface area contributed by atoms with Gasteiger partial charge in [-0.1, -0.05) is 0 Å². The van der Waals surface area contributed by atoms with Crippen LogP contribution in [0.4, 0.5) is 10.5 Å². The summed E-state index contributed by atoms with van der Waals surface area (Å²) < 4.78 is 6.14. The Morgan fingerprint density at radius 2 is 1.64 bits per heavy atom. The summed E-state index contributed by atoms with van der Waals surface area (Å²) in [6.45, 7) is 9.29. The van der Waals surface area contributed by atoms with Crippen molar-refractivity contribution < 1.29 is 14.6 Å². The minimum atomic E-state index is -0.827. The summed E-state index contributed by atoms with van der Waals surface area (Å²) in [6, 6.07) is 8.84. The second kappa shape index (κ2) is 7.95. The van der Waals surface area contributed by atoms with Crippen LogP contribution < -0.4 is 9.64 Å². The summed E-state index contributed by atoms with van der Waals surface area (Å²) in [5, 5.41) is 9.02. The number of piperidine rings is 1. The Bertz CT molecular complexity index is 560. The molecule has 25 heavy (non-hydrogen) atoms. The van der Waals surface area contributed by atoms with Crippen LogP contribution in [0.25, 0.3) is 0 Å². The monoisotopic (exact) mass is 347 g/mol. The van der Waals surface area contributed by atoms with Crippen LogP contribution in [0, 0.1) is 0 Å². The minimum absolute atomic E-state index is 0.306.